The topological polar surface area (TPSA) is 80.3 Å². The average molecular weight is 581 g/mol. The molecule has 4 nitrogen and oxygen atoms in total. The molecule has 34 heavy (non-hydrogen) atoms. The molecule has 0 fully saturated rings. The van der Waals surface area contributed by atoms with Crippen LogP contribution < -0.4 is 10.2 Å². The van der Waals surface area contributed by atoms with Gasteiger partial charge in [0, 0.05) is 11.5 Å². The van der Waals surface area contributed by atoms with Crippen molar-refractivity contribution >= 4 is 35.8 Å². The molecule has 0 aromatic heterocycles. The summed E-state index contributed by atoms with van der Waals surface area (Å²) in [7, 11) is 0. The Bertz CT molecular complexity index is 539. The van der Waals surface area contributed by atoms with Crippen molar-refractivity contribution in [2.45, 2.75) is 124 Å². The van der Waals surface area contributed by atoms with Crippen LogP contribution in [0.5, 0.6) is 0 Å². The van der Waals surface area contributed by atoms with Gasteiger partial charge in [-0.05, 0) is 24.8 Å². The fourth-order valence-electron chi connectivity index (χ4n) is 2.61. The van der Waals surface area contributed by atoms with Crippen LogP contribution in [0, 0.1) is 13.8 Å². The third kappa shape index (κ3) is 33.1. The molecule has 0 amide bonds. The molecule has 1 aromatic carbocycles. The van der Waals surface area contributed by atoms with E-state index in [4.69, 9.17) is 0 Å². The van der Waals surface area contributed by atoms with Gasteiger partial charge in [0.05, 0.1) is 5.97 Å². The summed E-state index contributed by atoms with van der Waals surface area (Å²) in [5, 5.41) is 20.6. The van der Waals surface area contributed by atoms with Crippen LogP contribution in [0.15, 0.2) is 24.3 Å². The molecule has 0 aliphatic heterocycles. The van der Waals surface area contributed by atoms with Gasteiger partial charge in [0.2, 0.25) is 0 Å². The van der Waals surface area contributed by atoms with Crippen LogP contribution in [-0.4, -0.2) is 35.8 Å². The van der Waals surface area contributed by atoms with Gasteiger partial charge < -0.3 is 19.8 Å². The first-order chi connectivity index (χ1) is 15.9. The molecule has 0 unspecified atom stereocenters. The molecule has 0 atom stereocenters. The van der Waals surface area contributed by atoms with E-state index in [0.717, 1.165) is 44.1 Å². The van der Waals surface area contributed by atoms with Crippen molar-refractivity contribution < 1.29 is 19.8 Å². The predicted molar refractivity (Wildman–Crippen MR) is 143 cm³/mol. The minimum Gasteiger partial charge on any atom is -0.550 e. The number of carboxylic acid groups (broad SMARTS) is 2. The minimum atomic E-state index is -1.08. The first-order valence-corrected chi connectivity index (χ1v) is 12.9. The van der Waals surface area contributed by atoms with Crippen molar-refractivity contribution in [3.8, 4) is 0 Å². The van der Waals surface area contributed by atoms with Gasteiger partial charge in [-0.25, -0.2) is 0 Å². The Hall–Kier alpha value is -1.04. The predicted octanol–water partition coefficient (Wildman–Crippen LogP) is 6.13. The van der Waals surface area contributed by atoms with Crippen LogP contribution in [0.1, 0.15) is 134 Å². The number of hydrogen-bond acceptors (Lipinski definition) is 4. The maximum atomic E-state index is 10.6. The number of rotatable bonds is 14. The normalized spacial score (nSPS) is 9.12. The van der Waals surface area contributed by atoms with Crippen molar-refractivity contribution in [1.29, 1.82) is 0 Å². The number of unbranched alkanes of at least 4 members (excludes halogenated alkanes) is 9. The second kappa shape index (κ2) is 34.1. The smallest absolute Gasteiger partial charge is 0.550 e. The van der Waals surface area contributed by atoms with Gasteiger partial charge in [-0.15, -0.1) is 0 Å². The van der Waals surface area contributed by atoms with E-state index in [1.807, 2.05) is 19.1 Å². The zero-order valence-electron chi connectivity index (χ0n) is 22.5. The monoisotopic (exact) mass is 582 g/mol. The summed E-state index contributed by atoms with van der Waals surface area (Å²) in [4.78, 5) is 20.6. The van der Waals surface area contributed by atoms with Crippen LogP contribution >= 0.6 is 0 Å². The molecule has 4 radical (unpaired) electrons. The molecule has 194 valence electrons. The molecule has 0 aliphatic carbocycles. The van der Waals surface area contributed by atoms with Gasteiger partial charge in [0.15, 0.2) is 0 Å². The number of carboxylic acids is 2. The van der Waals surface area contributed by atoms with Gasteiger partial charge >= 0.3 is 23.9 Å². The number of hydrogen-bond donors (Lipinski definition) is 0. The molecule has 0 saturated heterocycles. The van der Waals surface area contributed by atoms with Gasteiger partial charge in [0.25, 0.3) is 0 Å². The summed E-state index contributed by atoms with van der Waals surface area (Å²) in [6, 6.07) is 6.97. The van der Waals surface area contributed by atoms with Crippen molar-refractivity contribution in [2.75, 3.05) is 0 Å². The van der Waals surface area contributed by atoms with Crippen LogP contribution in [0.4, 0.5) is 0 Å². The molecule has 1 aromatic rings. The standard InChI is InChI=1S/C11H22O2.C10H12O2.2C4H9.Sn/c1-2-3-4-5-6-7-8-9-10-11(12)13;1-2-5-8-6-3-4-7-9(8)10(11)12;2*1-3-4-2;/h2-10H2,1H3,(H,12,13);3-4,6-7H,2,5H2,1H3,(H,11,12);2*1,3-4H2,2H3;/q;;;;+2/p-2. The molecule has 1 rings (SSSR count). The van der Waals surface area contributed by atoms with Crippen molar-refractivity contribution in [3.05, 3.63) is 49.2 Å². The largest absolute Gasteiger partial charge is 2.00 e. The van der Waals surface area contributed by atoms with Crippen molar-refractivity contribution in [3.63, 3.8) is 0 Å². The zero-order valence-corrected chi connectivity index (χ0v) is 25.3. The van der Waals surface area contributed by atoms with E-state index in [2.05, 4.69) is 34.6 Å². The van der Waals surface area contributed by atoms with E-state index in [1.165, 1.54) is 51.4 Å². The Morgan fingerprint density at radius 1 is 0.706 bits per heavy atom. The van der Waals surface area contributed by atoms with Crippen LogP contribution in [0.2, 0.25) is 0 Å². The fourth-order valence-corrected chi connectivity index (χ4v) is 2.61. The molecule has 0 aliphatic rings. The average Bonchev–Trinajstić information content (AvgIpc) is 2.82. The molecular weight excluding hydrogens is 531 g/mol. The van der Waals surface area contributed by atoms with Crippen LogP contribution in [0.3, 0.4) is 0 Å². The third-order valence-electron chi connectivity index (χ3n) is 4.70. The maximum Gasteiger partial charge on any atom is 2.00 e. The number of aryl methyl sites for hydroxylation is 1. The molecule has 5 heteroatoms. The summed E-state index contributed by atoms with van der Waals surface area (Å²) < 4.78 is 0. The Balaban J connectivity index is -0.000000198. The number of aliphatic carboxylic acids is 1. The molecule has 0 saturated carbocycles. The van der Waals surface area contributed by atoms with E-state index >= 15 is 0 Å². The third-order valence-corrected chi connectivity index (χ3v) is 4.70. The number of aromatic carboxylic acids is 1. The van der Waals surface area contributed by atoms with Crippen molar-refractivity contribution in [1.82, 2.24) is 0 Å². The zero-order chi connectivity index (χ0) is 25.7. The first kappa shape index (κ1) is 40.1. The summed E-state index contributed by atoms with van der Waals surface area (Å²) in [5.74, 6) is -2.00. The Kier molecular flexibility index (Phi) is 40.3. The van der Waals surface area contributed by atoms with Crippen LogP contribution in [-0.2, 0) is 11.2 Å². The van der Waals surface area contributed by atoms with Gasteiger partial charge in [-0.1, -0.05) is 143 Å². The number of carbonyl (C=O) groups excluding carboxylic acids is 2. The van der Waals surface area contributed by atoms with Gasteiger partial charge in [-0.2, -0.15) is 0 Å². The fraction of sp³-hybridized carbons (Fsp3) is 0.655. The Morgan fingerprint density at radius 3 is 1.53 bits per heavy atom. The first-order valence-electron chi connectivity index (χ1n) is 12.9. The second-order valence-corrected chi connectivity index (χ2v) is 8.00. The van der Waals surface area contributed by atoms with E-state index in [9.17, 15) is 19.8 Å². The van der Waals surface area contributed by atoms with Crippen molar-refractivity contribution in [2.24, 2.45) is 0 Å². The molecule has 0 heterocycles. The van der Waals surface area contributed by atoms with Crippen LogP contribution in [0.25, 0.3) is 0 Å². The quantitative estimate of drug-likeness (QED) is 0.196. The summed E-state index contributed by atoms with van der Waals surface area (Å²) in [6.07, 6.45) is 16.0. The van der Waals surface area contributed by atoms with Gasteiger partial charge in [-0.3, -0.25) is 0 Å². The molecular formula is C29H50O4Sn. The molecule has 0 N–H and O–H groups in total. The van der Waals surface area contributed by atoms with E-state index in [-0.39, 0.29) is 30.3 Å². The Labute approximate surface area is 228 Å². The summed E-state index contributed by atoms with van der Waals surface area (Å²) in [5.41, 5.74) is 1.18. The second-order valence-electron chi connectivity index (χ2n) is 8.00. The van der Waals surface area contributed by atoms with E-state index < -0.39 is 11.9 Å². The maximum absolute atomic E-state index is 10.6. The summed E-state index contributed by atoms with van der Waals surface area (Å²) in [6.45, 7) is 15.7. The van der Waals surface area contributed by atoms with E-state index in [0.29, 0.717) is 5.56 Å². The van der Waals surface area contributed by atoms with E-state index in [1.54, 1.807) is 12.1 Å². The number of benzene rings is 1. The molecule has 0 spiro atoms. The number of carbonyl (C=O) groups is 2. The summed E-state index contributed by atoms with van der Waals surface area (Å²) >= 11 is 0. The molecule has 0 bridgehead atoms. The SMILES string of the molecule is CCCCCCCCCCC(=O)[O-].CCCc1ccccc1C(=O)[O-].[CH2]CCC.[CH2]CCC.[Sn+2]. The Morgan fingerprint density at radius 2 is 1.15 bits per heavy atom. The minimum absolute atomic E-state index is 0. The van der Waals surface area contributed by atoms with Gasteiger partial charge in [0.1, 0.15) is 0 Å².